The van der Waals surface area contributed by atoms with Crippen LogP contribution in [0, 0.1) is 5.41 Å². The zero-order chi connectivity index (χ0) is 14.5. The zero-order valence-corrected chi connectivity index (χ0v) is 12.1. The fraction of sp³-hybridized carbons (Fsp3) is 0.750. The fourth-order valence-electron chi connectivity index (χ4n) is 1.62. The summed E-state index contributed by atoms with van der Waals surface area (Å²) in [6, 6.07) is 0. The number of nitrogens with zero attached hydrogens (tertiary/aromatic N) is 4. The number of nitrogens with one attached hydrogen (secondary N) is 1. The topological polar surface area (TPSA) is 100 Å². The van der Waals surface area contributed by atoms with Crippen LogP contribution in [0.5, 0.6) is 0 Å². The molecule has 4 N–H and O–H groups in total. The van der Waals surface area contributed by atoms with Crippen LogP contribution in [0.25, 0.3) is 0 Å². The third kappa shape index (κ3) is 5.25. The minimum absolute atomic E-state index is 0.0579. The second-order valence-electron chi connectivity index (χ2n) is 5.56. The molecular weight excluding hydrogens is 244 g/mol. The maximum Gasteiger partial charge on any atom is 0.231 e. The standard InChI is InChI=1S/C12H24N6O/c1-12(2,6-5-7-19)8-14-10-15-9(13)16-11(17-10)18(3)4/h19H,5-8H2,1-4H3,(H3,13,14,15,16,17). The fourth-order valence-corrected chi connectivity index (χ4v) is 1.62. The lowest BCUT2D eigenvalue weighted by atomic mass is 9.88. The molecule has 7 heteroatoms. The van der Waals surface area contributed by atoms with Crippen LogP contribution in [0.1, 0.15) is 26.7 Å². The Hall–Kier alpha value is -1.63. The molecule has 0 atom stereocenters. The summed E-state index contributed by atoms with van der Waals surface area (Å²) in [5, 5.41) is 12.1. The molecule has 7 nitrogen and oxygen atoms in total. The van der Waals surface area contributed by atoms with Gasteiger partial charge in [-0.3, -0.25) is 0 Å². The number of nitrogen functional groups attached to an aromatic ring is 1. The second kappa shape index (κ2) is 6.51. The molecule has 0 aliphatic carbocycles. The van der Waals surface area contributed by atoms with Crippen molar-refractivity contribution in [1.82, 2.24) is 15.0 Å². The lowest BCUT2D eigenvalue weighted by Gasteiger charge is -2.24. The van der Waals surface area contributed by atoms with E-state index in [1.54, 1.807) is 4.90 Å². The van der Waals surface area contributed by atoms with Crippen molar-refractivity contribution in [2.75, 3.05) is 43.2 Å². The summed E-state index contributed by atoms with van der Waals surface area (Å²) in [5.41, 5.74) is 5.71. The van der Waals surface area contributed by atoms with Crippen LogP contribution in [-0.4, -0.2) is 47.3 Å². The third-order valence-electron chi connectivity index (χ3n) is 2.78. The quantitative estimate of drug-likeness (QED) is 0.670. The van der Waals surface area contributed by atoms with Gasteiger partial charge in [-0.1, -0.05) is 13.8 Å². The molecule has 1 aromatic rings. The van der Waals surface area contributed by atoms with Crippen LogP contribution >= 0.6 is 0 Å². The Kier molecular flexibility index (Phi) is 5.29. The van der Waals surface area contributed by atoms with E-state index in [2.05, 4.69) is 34.1 Å². The normalized spacial score (nSPS) is 11.4. The summed E-state index contributed by atoms with van der Waals surface area (Å²) in [7, 11) is 3.70. The van der Waals surface area contributed by atoms with E-state index in [-0.39, 0.29) is 18.0 Å². The molecule has 0 aliphatic rings. The van der Waals surface area contributed by atoms with E-state index in [0.717, 1.165) is 12.8 Å². The van der Waals surface area contributed by atoms with Gasteiger partial charge in [0.2, 0.25) is 17.8 Å². The van der Waals surface area contributed by atoms with Crippen molar-refractivity contribution in [3.63, 3.8) is 0 Å². The van der Waals surface area contributed by atoms with Gasteiger partial charge in [0.05, 0.1) is 0 Å². The van der Waals surface area contributed by atoms with Gasteiger partial charge in [0.1, 0.15) is 0 Å². The van der Waals surface area contributed by atoms with Crippen LogP contribution in [0.2, 0.25) is 0 Å². The van der Waals surface area contributed by atoms with Crippen LogP contribution < -0.4 is 16.0 Å². The second-order valence-corrected chi connectivity index (χ2v) is 5.56. The van der Waals surface area contributed by atoms with Gasteiger partial charge >= 0.3 is 0 Å². The van der Waals surface area contributed by atoms with Gasteiger partial charge in [-0.05, 0) is 18.3 Å². The Bertz CT molecular complexity index is 407. The molecule has 0 fully saturated rings. The minimum atomic E-state index is 0.0579. The van der Waals surface area contributed by atoms with Crippen molar-refractivity contribution in [2.45, 2.75) is 26.7 Å². The predicted molar refractivity (Wildman–Crippen MR) is 77.2 cm³/mol. The molecule has 0 aromatic carbocycles. The lowest BCUT2D eigenvalue weighted by molar-refractivity contribution is 0.247. The van der Waals surface area contributed by atoms with Crippen LogP contribution in [0.15, 0.2) is 0 Å². The number of anilines is 3. The SMILES string of the molecule is CN(C)c1nc(N)nc(NCC(C)(C)CCCO)n1. The molecule has 108 valence electrons. The van der Waals surface area contributed by atoms with Crippen molar-refractivity contribution in [2.24, 2.45) is 5.41 Å². The highest BCUT2D eigenvalue weighted by atomic mass is 16.2. The van der Waals surface area contributed by atoms with E-state index in [4.69, 9.17) is 10.8 Å². The van der Waals surface area contributed by atoms with Gasteiger partial charge in [0, 0.05) is 27.2 Å². The monoisotopic (exact) mass is 268 g/mol. The Balaban J connectivity index is 2.67. The Morgan fingerprint density at radius 3 is 2.53 bits per heavy atom. The van der Waals surface area contributed by atoms with Crippen molar-refractivity contribution in [3.05, 3.63) is 0 Å². The molecular formula is C12H24N6O. The maximum absolute atomic E-state index is 8.87. The Labute approximate surface area is 114 Å². The van der Waals surface area contributed by atoms with Gasteiger partial charge in [-0.15, -0.1) is 0 Å². The van der Waals surface area contributed by atoms with E-state index in [0.29, 0.717) is 18.4 Å². The van der Waals surface area contributed by atoms with Gasteiger partial charge < -0.3 is 21.1 Å². The van der Waals surface area contributed by atoms with E-state index in [1.807, 2.05) is 14.1 Å². The zero-order valence-electron chi connectivity index (χ0n) is 12.1. The lowest BCUT2D eigenvalue weighted by Crippen LogP contribution is -2.25. The van der Waals surface area contributed by atoms with Crippen molar-refractivity contribution < 1.29 is 5.11 Å². The van der Waals surface area contributed by atoms with Crippen molar-refractivity contribution in [3.8, 4) is 0 Å². The molecule has 1 rings (SSSR count). The van der Waals surface area contributed by atoms with E-state index in [1.165, 1.54) is 0 Å². The summed E-state index contributed by atoms with van der Waals surface area (Å²) in [6.07, 6.45) is 1.72. The van der Waals surface area contributed by atoms with E-state index < -0.39 is 0 Å². The number of nitrogens with two attached hydrogens (primary N) is 1. The first-order chi connectivity index (χ1) is 8.84. The molecule has 0 saturated carbocycles. The smallest absolute Gasteiger partial charge is 0.231 e. The van der Waals surface area contributed by atoms with Gasteiger partial charge in [-0.25, -0.2) is 0 Å². The number of aromatic nitrogens is 3. The number of rotatable bonds is 7. The average molecular weight is 268 g/mol. The average Bonchev–Trinajstić information content (AvgIpc) is 2.33. The first-order valence-corrected chi connectivity index (χ1v) is 6.38. The highest BCUT2D eigenvalue weighted by Gasteiger charge is 2.18. The maximum atomic E-state index is 8.87. The predicted octanol–water partition coefficient (Wildman–Crippen LogP) is 0.730. The number of hydrogen-bond acceptors (Lipinski definition) is 7. The molecule has 0 amide bonds. The van der Waals surface area contributed by atoms with E-state index >= 15 is 0 Å². The number of hydrogen-bond donors (Lipinski definition) is 3. The minimum Gasteiger partial charge on any atom is -0.396 e. The summed E-state index contributed by atoms with van der Waals surface area (Å²) < 4.78 is 0. The third-order valence-corrected chi connectivity index (χ3v) is 2.78. The molecule has 1 heterocycles. The van der Waals surface area contributed by atoms with Gasteiger partial charge in [-0.2, -0.15) is 15.0 Å². The first-order valence-electron chi connectivity index (χ1n) is 6.38. The van der Waals surface area contributed by atoms with Crippen LogP contribution in [0.3, 0.4) is 0 Å². The molecule has 0 spiro atoms. The van der Waals surface area contributed by atoms with E-state index in [9.17, 15) is 0 Å². The molecule has 0 radical (unpaired) electrons. The molecule has 19 heavy (non-hydrogen) atoms. The Morgan fingerprint density at radius 1 is 1.26 bits per heavy atom. The van der Waals surface area contributed by atoms with Gasteiger partial charge in [0.15, 0.2) is 0 Å². The summed E-state index contributed by atoms with van der Waals surface area (Å²) in [6.45, 7) is 5.19. The Morgan fingerprint density at radius 2 is 1.95 bits per heavy atom. The summed E-state index contributed by atoms with van der Waals surface area (Å²) in [5.74, 6) is 1.21. The largest absolute Gasteiger partial charge is 0.396 e. The van der Waals surface area contributed by atoms with Crippen molar-refractivity contribution in [1.29, 1.82) is 0 Å². The highest BCUT2D eigenvalue weighted by molar-refractivity contribution is 5.40. The molecule has 0 bridgehead atoms. The summed E-state index contributed by atoms with van der Waals surface area (Å²) >= 11 is 0. The molecule has 1 aromatic heterocycles. The highest BCUT2D eigenvalue weighted by Crippen LogP contribution is 2.22. The van der Waals surface area contributed by atoms with Crippen molar-refractivity contribution >= 4 is 17.8 Å². The van der Waals surface area contributed by atoms with Crippen LogP contribution in [0.4, 0.5) is 17.8 Å². The van der Waals surface area contributed by atoms with Crippen LogP contribution in [-0.2, 0) is 0 Å². The summed E-state index contributed by atoms with van der Waals surface area (Å²) in [4.78, 5) is 14.2. The number of aliphatic hydroxyl groups excluding tert-OH is 1. The molecule has 0 saturated heterocycles. The number of aliphatic hydroxyl groups is 1. The molecule has 0 aliphatic heterocycles. The van der Waals surface area contributed by atoms with Gasteiger partial charge in [0.25, 0.3) is 0 Å². The first kappa shape index (κ1) is 15.4. The molecule has 0 unspecified atom stereocenters.